The van der Waals surface area contributed by atoms with E-state index in [1.165, 1.54) is 18.3 Å². The van der Waals surface area contributed by atoms with Crippen molar-refractivity contribution >= 4 is 23.2 Å². The topological polar surface area (TPSA) is 97.1 Å². The molecule has 4 N–H and O–H groups in total. The van der Waals surface area contributed by atoms with Crippen LogP contribution in [0, 0.1) is 0 Å². The standard InChI is InChI=1S/C10H16N4O2S/c1-7(15)12-2-3-13-9(16)4-8-6-17-10(5-11)14-8/h6H,2-5,11H2,1H3,(H,12,15)(H,13,16). The Labute approximate surface area is 104 Å². The smallest absolute Gasteiger partial charge is 0.226 e. The van der Waals surface area contributed by atoms with E-state index in [0.717, 1.165) is 10.7 Å². The van der Waals surface area contributed by atoms with Crippen LogP contribution in [-0.2, 0) is 22.6 Å². The quantitative estimate of drug-likeness (QED) is 0.592. The fraction of sp³-hybridized carbons (Fsp3) is 0.500. The third-order valence-electron chi connectivity index (χ3n) is 1.94. The second-order valence-corrected chi connectivity index (χ2v) is 4.39. The van der Waals surface area contributed by atoms with E-state index in [2.05, 4.69) is 15.6 Å². The average Bonchev–Trinajstić information content (AvgIpc) is 2.72. The summed E-state index contributed by atoms with van der Waals surface area (Å²) in [5.74, 6) is -0.212. The van der Waals surface area contributed by atoms with Crippen LogP contribution in [0.4, 0.5) is 0 Å². The summed E-state index contributed by atoms with van der Waals surface area (Å²) in [5, 5.41) is 7.94. The van der Waals surface area contributed by atoms with Crippen molar-refractivity contribution in [1.29, 1.82) is 0 Å². The number of aromatic nitrogens is 1. The molecule has 0 aromatic carbocycles. The molecular formula is C10H16N4O2S. The summed E-state index contributed by atoms with van der Waals surface area (Å²) < 4.78 is 0. The van der Waals surface area contributed by atoms with Crippen LogP contribution >= 0.6 is 11.3 Å². The average molecular weight is 256 g/mol. The fourth-order valence-electron chi connectivity index (χ4n) is 1.19. The highest BCUT2D eigenvalue weighted by molar-refractivity contribution is 7.09. The van der Waals surface area contributed by atoms with E-state index in [1.54, 1.807) is 0 Å². The monoisotopic (exact) mass is 256 g/mol. The van der Waals surface area contributed by atoms with Crippen molar-refractivity contribution in [2.24, 2.45) is 5.73 Å². The number of carbonyl (C=O) groups excluding carboxylic acids is 2. The van der Waals surface area contributed by atoms with Crippen molar-refractivity contribution in [3.05, 3.63) is 16.1 Å². The molecular weight excluding hydrogens is 240 g/mol. The first kappa shape index (κ1) is 13.6. The first-order chi connectivity index (χ1) is 8.11. The molecule has 0 aliphatic carbocycles. The van der Waals surface area contributed by atoms with E-state index >= 15 is 0 Å². The summed E-state index contributed by atoms with van der Waals surface area (Å²) >= 11 is 1.45. The molecule has 0 saturated carbocycles. The third kappa shape index (κ3) is 5.41. The molecule has 1 aromatic heterocycles. The number of hydrogen-bond acceptors (Lipinski definition) is 5. The lowest BCUT2D eigenvalue weighted by atomic mass is 10.3. The molecule has 0 bridgehead atoms. The minimum atomic E-state index is -0.107. The minimum absolute atomic E-state index is 0.105. The minimum Gasteiger partial charge on any atom is -0.355 e. The van der Waals surface area contributed by atoms with Gasteiger partial charge in [0.05, 0.1) is 12.1 Å². The number of nitrogens with two attached hydrogens (primary N) is 1. The highest BCUT2D eigenvalue weighted by Crippen LogP contribution is 2.08. The third-order valence-corrected chi connectivity index (χ3v) is 2.86. The molecule has 1 rings (SSSR count). The Bertz CT molecular complexity index is 391. The van der Waals surface area contributed by atoms with Crippen LogP contribution < -0.4 is 16.4 Å². The molecule has 0 aliphatic rings. The van der Waals surface area contributed by atoms with Gasteiger partial charge in [0.1, 0.15) is 5.01 Å². The predicted molar refractivity (Wildman–Crippen MR) is 65.4 cm³/mol. The van der Waals surface area contributed by atoms with E-state index in [0.29, 0.717) is 19.6 Å². The van der Waals surface area contributed by atoms with E-state index in [4.69, 9.17) is 5.73 Å². The van der Waals surface area contributed by atoms with Gasteiger partial charge in [-0.15, -0.1) is 11.3 Å². The number of rotatable bonds is 6. The van der Waals surface area contributed by atoms with Crippen LogP contribution in [0.1, 0.15) is 17.6 Å². The van der Waals surface area contributed by atoms with E-state index in [1.807, 2.05) is 5.38 Å². The van der Waals surface area contributed by atoms with Crippen LogP contribution in [0.2, 0.25) is 0 Å². The lowest BCUT2D eigenvalue weighted by Gasteiger charge is -2.04. The molecule has 0 radical (unpaired) electrons. The van der Waals surface area contributed by atoms with E-state index < -0.39 is 0 Å². The first-order valence-corrected chi connectivity index (χ1v) is 6.14. The van der Waals surface area contributed by atoms with Crippen molar-refractivity contribution in [1.82, 2.24) is 15.6 Å². The second-order valence-electron chi connectivity index (χ2n) is 3.45. The van der Waals surface area contributed by atoms with Gasteiger partial charge in [-0.05, 0) is 0 Å². The summed E-state index contributed by atoms with van der Waals surface area (Å²) in [6.07, 6.45) is 0.247. The summed E-state index contributed by atoms with van der Waals surface area (Å²) in [7, 11) is 0. The molecule has 1 heterocycles. The Morgan fingerprint density at radius 1 is 1.41 bits per heavy atom. The Balaban J connectivity index is 2.22. The van der Waals surface area contributed by atoms with Gasteiger partial charge in [0, 0.05) is 31.9 Å². The second kappa shape index (κ2) is 6.97. The molecule has 17 heavy (non-hydrogen) atoms. The number of thiazole rings is 1. The number of amides is 2. The Kier molecular flexibility index (Phi) is 5.58. The van der Waals surface area contributed by atoms with Gasteiger partial charge in [-0.25, -0.2) is 4.98 Å². The van der Waals surface area contributed by atoms with Crippen molar-refractivity contribution in [2.75, 3.05) is 13.1 Å². The first-order valence-electron chi connectivity index (χ1n) is 5.26. The molecule has 0 spiro atoms. The molecule has 94 valence electrons. The zero-order valence-electron chi connectivity index (χ0n) is 9.66. The van der Waals surface area contributed by atoms with Crippen LogP contribution in [-0.4, -0.2) is 29.9 Å². The SMILES string of the molecule is CC(=O)NCCNC(=O)Cc1csc(CN)n1. The van der Waals surface area contributed by atoms with E-state index in [-0.39, 0.29) is 18.2 Å². The zero-order chi connectivity index (χ0) is 12.7. The molecule has 0 saturated heterocycles. The maximum Gasteiger partial charge on any atom is 0.226 e. The zero-order valence-corrected chi connectivity index (χ0v) is 10.5. The Hall–Kier alpha value is -1.47. The van der Waals surface area contributed by atoms with Crippen LogP contribution in [0.5, 0.6) is 0 Å². The van der Waals surface area contributed by atoms with Crippen molar-refractivity contribution < 1.29 is 9.59 Å². The summed E-state index contributed by atoms with van der Waals surface area (Å²) in [6.45, 7) is 2.69. The maximum absolute atomic E-state index is 11.5. The predicted octanol–water partition coefficient (Wildman–Crippen LogP) is -0.603. The van der Waals surface area contributed by atoms with Gasteiger partial charge in [0.15, 0.2) is 0 Å². The molecule has 1 aromatic rings. The highest BCUT2D eigenvalue weighted by Gasteiger charge is 2.06. The number of nitrogens with one attached hydrogen (secondary N) is 2. The molecule has 0 aliphatic heterocycles. The van der Waals surface area contributed by atoms with Gasteiger partial charge in [-0.2, -0.15) is 0 Å². The molecule has 0 unspecified atom stereocenters. The van der Waals surface area contributed by atoms with Gasteiger partial charge in [-0.3, -0.25) is 9.59 Å². The molecule has 6 nitrogen and oxygen atoms in total. The fourth-order valence-corrected chi connectivity index (χ4v) is 1.87. The van der Waals surface area contributed by atoms with Crippen LogP contribution in [0.25, 0.3) is 0 Å². The van der Waals surface area contributed by atoms with Crippen LogP contribution in [0.15, 0.2) is 5.38 Å². The molecule has 0 fully saturated rings. The largest absolute Gasteiger partial charge is 0.355 e. The lowest BCUT2D eigenvalue weighted by molar-refractivity contribution is -0.121. The molecule has 7 heteroatoms. The normalized spacial score (nSPS) is 10.0. The summed E-state index contributed by atoms with van der Waals surface area (Å²) in [5.41, 5.74) is 6.16. The number of carbonyl (C=O) groups is 2. The van der Waals surface area contributed by atoms with Gasteiger partial charge >= 0.3 is 0 Å². The van der Waals surface area contributed by atoms with Crippen molar-refractivity contribution in [3.8, 4) is 0 Å². The Morgan fingerprint density at radius 3 is 2.71 bits per heavy atom. The maximum atomic E-state index is 11.5. The van der Waals surface area contributed by atoms with Gasteiger partial charge in [-0.1, -0.05) is 0 Å². The number of hydrogen-bond donors (Lipinski definition) is 3. The van der Waals surface area contributed by atoms with Crippen LogP contribution in [0.3, 0.4) is 0 Å². The summed E-state index contributed by atoms with van der Waals surface area (Å²) in [6, 6.07) is 0. The Morgan fingerprint density at radius 2 is 2.12 bits per heavy atom. The van der Waals surface area contributed by atoms with Gasteiger partial charge in [0.2, 0.25) is 11.8 Å². The molecule has 2 amide bonds. The lowest BCUT2D eigenvalue weighted by Crippen LogP contribution is -2.34. The van der Waals surface area contributed by atoms with Gasteiger partial charge in [0.25, 0.3) is 0 Å². The highest BCUT2D eigenvalue weighted by atomic mass is 32.1. The van der Waals surface area contributed by atoms with Crippen molar-refractivity contribution in [2.45, 2.75) is 19.9 Å². The number of nitrogens with zero attached hydrogens (tertiary/aromatic N) is 1. The van der Waals surface area contributed by atoms with Gasteiger partial charge < -0.3 is 16.4 Å². The van der Waals surface area contributed by atoms with E-state index in [9.17, 15) is 9.59 Å². The molecule has 0 atom stereocenters. The van der Waals surface area contributed by atoms with Crippen molar-refractivity contribution in [3.63, 3.8) is 0 Å². The summed E-state index contributed by atoms with van der Waals surface area (Å²) in [4.78, 5) is 26.2.